The predicted molar refractivity (Wildman–Crippen MR) is 59.6 cm³/mol. The number of nitrogens with zero attached hydrogens (tertiary/aromatic N) is 1. The first kappa shape index (κ1) is 12.1. The first-order valence-electron chi connectivity index (χ1n) is 4.84. The van der Waals surface area contributed by atoms with Crippen molar-refractivity contribution in [3.8, 4) is 18.2 Å². The van der Waals surface area contributed by atoms with Crippen LogP contribution in [0.15, 0.2) is 6.07 Å². The van der Waals surface area contributed by atoms with Crippen LogP contribution in [0.3, 0.4) is 0 Å². The summed E-state index contributed by atoms with van der Waals surface area (Å²) >= 11 is 0. The molecule has 0 fully saturated rings. The van der Waals surface area contributed by atoms with E-state index in [0.717, 1.165) is 5.69 Å². The number of carboxylic acids is 1. The number of aryl methyl sites for hydroxylation is 2. The third-order valence-electron chi connectivity index (χ3n) is 2.01. The molecular weight excluding hydrogens is 206 g/mol. The van der Waals surface area contributed by atoms with Crippen LogP contribution < -0.4 is 4.74 Å². The van der Waals surface area contributed by atoms with E-state index in [-0.39, 0.29) is 18.1 Å². The smallest absolute Gasteiger partial charge is 0.341 e. The minimum atomic E-state index is -1.04. The fraction of sp³-hybridized carbons (Fsp3) is 0.333. The summed E-state index contributed by atoms with van der Waals surface area (Å²) in [4.78, 5) is 15.1. The number of pyridine rings is 1. The molecule has 1 heterocycles. The van der Waals surface area contributed by atoms with Crippen LogP contribution in [0.25, 0.3) is 0 Å². The van der Waals surface area contributed by atoms with E-state index in [9.17, 15) is 4.79 Å². The van der Waals surface area contributed by atoms with Crippen molar-refractivity contribution in [3.63, 3.8) is 0 Å². The lowest BCUT2D eigenvalue weighted by Gasteiger charge is -2.10. The molecule has 1 aromatic heterocycles. The van der Waals surface area contributed by atoms with Crippen molar-refractivity contribution >= 4 is 5.97 Å². The van der Waals surface area contributed by atoms with E-state index in [1.165, 1.54) is 0 Å². The molecule has 1 aromatic rings. The third-order valence-corrected chi connectivity index (χ3v) is 2.01. The standard InChI is InChI=1S/C12H13NO3/c1-4-5-6-16-11-10(12(14)15)8(2)7-9(3)13-11/h1,7H,5-6H2,2-3H3,(H,14,15). The second-order valence-electron chi connectivity index (χ2n) is 3.37. The van der Waals surface area contributed by atoms with E-state index in [4.69, 9.17) is 16.3 Å². The van der Waals surface area contributed by atoms with Gasteiger partial charge in [-0.3, -0.25) is 0 Å². The highest BCUT2D eigenvalue weighted by Gasteiger charge is 2.16. The number of terminal acetylenes is 1. The highest BCUT2D eigenvalue weighted by molar-refractivity contribution is 5.91. The van der Waals surface area contributed by atoms with Gasteiger partial charge >= 0.3 is 5.97 Å². The molecule has 0 aliphatic heterocycles. The van der Waals surface area contributed by atoms with Gasteiger partial charge in [-0.2, -0.15) is 0 Å². The summed E-state index contributed by atoms with van der Waals surface area (Å²) in [5, 5.41) is 9.03. The third kappa shape index (κ3) is 2.74. The second-order valence-corrected chi connectivity index (χ2v) is 3.37. The molecule has 0 aliphatic rings. The highest BCUT2D eigenvalue weighted by atomic mass is 16.5. The Bertz CT molecular complexity index is 446. The van der Waals surface area contributed by atoms with Crippen molar-refractivity contribution in [2.75, 3.05) is 6.61 Å². The normalized spacial score (nSPS) is 9.56. The topological polar surface area (TPSA) is 59.4 Å². The molecule has 0 unspecified atom stereocenters. The summed E-state index contributed by atoms with van der Waals surface area (Å²) in [6, 6.07) is 1.71. The van der Waals surface area contributed by atoms with Gasteiger partial charge in [0.2, 0.25) is 5.88 Å². The average molecular weight is 219 g/mol. The predicted octanol–water partition coefficient (Wildman–Crippen LogP) is 1.80. The molecule has 0 amide bonds. The maximum atomic E-state index is 11.0. The summed E-state index contributed by atoms with van der Waals surface area (Å²) < 4.78 is 5.27. The largest absolute Gasteiger partial charge is 0.477 e. The average Bonchev–Trinajstić information content (AvgIpc) is 2.16. The van der Waals surface area contributed by atoms with Gasteiger partial charge in [0.05, 0.1) is 0 Å². The van der Waals surface area contributed by atoms with Crippen molar-refractivity contribution in [1.29, 1.82) is 0 Å². The Hall–Kier alpha value is -2.02. The Balaban J connectivity index is 3.05. The van der Waals surface area contributed by atoms with Crippen molar-refractivity contribution in [2.24, 2.45) is 0 Å². The summed E-state index contributed by atoms with van der Waals surface area (Å²) in [6.07, 6.45) is 5.51. The molecule has 0 saturated carbocycles. The van der Waals surface area contributed by atoms with Crippen LogP contribution in [-0.4, -0.2) is 22.7 Å². The minimum absolute atomic E-state index is 0.0996. The Kier molecular flexibility index (Phi) is 3.90. The maximum Gasteiger partial charge on any atom is 0.341 e. The zero-order valence-electron chi connectivity index (χ0n) is 9.28. The molecule has 4 nitrogen and oxygen atoms in total. The van der Waals surface area contributed by atoms with E-state index in [0.29, 0.717) is 12.0 Å². The lowest BCUT2D eigenvalue weighted by Crippen LogP contribution is -2.09. The number of carboxylic acid groups (broad SMARTS) is 1. The van der Waals surface area contributed by atoms with Gasteiger partial charge in [0.1, 0.15) is 12.2 Å². The Morgan fingerprint density at radius 2 is 2.31 bits per heavy atom. The van der Waals surface area contributed by atoms with Gasteiger partial charge in [-0.15, -0.1) is 12.3 Å². The van der Waals surface area contributed by atoms with Crippen LogP contribution >= 0.6 is 0 Å². The Labute approximate surface area is 94.3 Å². The van der Waals surface area contributed by atoms with Crippen molar-refractivity contribution < 1.29 is 14.6 Å². The molecule has 1 N–H and O–H groups in total. The molecule has 84 valence electrons. The fourth-order valence-corrected chi connectivity index (χ4v) is 1.37. The van der Waals surface area contributed by atoms with Crippen molar-refractivity contribution in [3.05, 3.63) is 22.9 Å². The van der Waals surface area contributed by atoms with Crippen LogP contribution in [0.5, 0.6) is 5.88 Å². The molecule has 0 bridgehead atoms. The van der Waals surface area contributed by atoms with E-state index < -0.39 is 5.97 Å². The van der Waals surface area contributed by atoms with Gasteiger partial charge in [0.15, 0.2) is 0 Å². The monoisotopic (exact) mass is 219 g/mol. The van der Waals surface area contributed by atoms with Gasteiger partial charge < -0.3 is 9.84 Å². The minimum Gasteiger partial charge on any atom is -0.477 e. The number of carbonyl (C=O) groups is 1. The number of hydrogen-bond acceptors (Lipinski definition) is 3. The quantitative estimate of drug-likeness (QED) is 0.619. The van der Waals surface area contributed by atoms with Crippen LogP contribution in [0.2, 0.25) is 0 Å². The molecule has 0 saturated heterocycles. The zero-order chi connectivity index (χ0) is 12.1. The Morgan fingerprint density at radius 1 is 1.62 bits per heavy atom. The summed E-state index contributed by atoms with van der Waals surface area (Å²) in [7, 11) is 0. The lowest BCUT2D eigenvalue weighted by atomic mass is 10.1. The van der Waals surface area contributed by atoms with E-state index >= 15 is 0 Å². The molecule has 1 rings (SSSR count). The first-order valence-corrected chi connectivity index (χ1v) is 4.84. The fourth-order valence-electron chi connectivity index (χ4n) is 1.37. The number of rotatable bonds is 4. The van der Waals surface area contributed by atoms with E-state index in [2.05, 4.69) is 10.9 Å². The molecule has 0 aliphatic carbocycles. The number of aromatic carboxylic acids is 1. The number of hydrogen-bond donors (Lipinski definition) is 1. The van der Waals surface area contributed by atoms with Gasteiger partial charge in [-0.1, -0.05) is 0 Å². The molecule has 0 radical (unpaired) electrons. The molecule has 4 heteroatoms. The van der Waals surface area contributed by atoms with Crippen molar-refractivity contribution in [1.82, 2.24) is 4.98 Å². The molecule has 0 aromatic carbocycles. The van der Waals surface area contributed by atoms with Gasteiger partial charge in [0, 0.05) is 12.1 Å². The van der Waals surface area contributed by atoms with Crippen LogP contribution in [-0.2, 0) is 0 Å². The highest BCUT2D eigenvalue weighted by Crippen LogP contribution is 2.20. The van der Waals surface area contributed by atoms with Crippen LogP contribution in [0, 0.1) is 26.2 Å². The van der Waals surface area contributed by atoms with Crippen LogP contribution in [0.4, 0.5) is 0 Å². The SMILES string of the molecule is C#CCCOc1nc(C)cc(C)c1C(=O)O. The molecule has 0 spiro atoms. The van der Waals surface area contributed by atoms with Crippen LogP contribution in [0.1, 0.15) is 28.0 Å². The maximum absolute atomic E-state index is 11.0. The van der Waals surface area contributed by atoms with Gasteiger partial charge in [-0.25, -0.2) is 9.78 Å². The number of aromatic nitrogens is 1. The molecular formula is C12H13NO3. The zero-order valence-corrected chi connectivity index (χ0v) is 9.28. The Morgan fingerprint density at radius 3 is 2.88 bits per heavy atom. The van der Waals surface area contributed by atoms with E-state index in [1.54, 1.807) is 19.9 Å². The van der Waals surface area contributed by atoms with Crippen molar-refractivity contribution in [2.45, 2.75) is 20.3 Å². The second kappa shape index (κ2) is 5.17. The lowest BCUT2D eigenvalue weighted by molar-refractivity contribution is 0.0690. The van der Waals surface area contributed by atoms with Gasteiger partial charge in [0.25, 0.3) is 0 Å². The summed E-state index contributed by atoms with van der Waals surface area (Å²) in [5.41, 5.74) is 1.46. The van der Waals surface area contributed by atoms with E-state index in [1.807, 2.05) is 0 Å². The first-order chi connectivity index (χ1) is 7.56. The summed E-state index contributed by atoms with van der Waals surface area (Å²) in [5.74, 6) is 1.51. The summed E-state index contributed by atoms with van der Waals surface area (Å²) in [6.45, 7) is 3.77. The van der Waals surface area contributed by atoms with Gasteiger partial charge in [-0.05, 0) is 25.5 Å². The number of ether oxygens (including phenoxy) is 1. The molecule has 0 atom stereocenters. The molecule has 16 heavy (non-hydrogen) atoms.